The molecule has 0 aliphatic heterocycles. The summed E-state index contributed by atoms with van der Waals surface area (Å²) < 4.78 is 4.62. The van der Waals surface area contributed by atoms with Gasteiger partial charge in [0.2, 0.25) is 0 Å². The summed E-state index contributed by atoms with van der Waals surface area (Å²) in [6.45, 7) is 2.00. The van der Waals surface area contributed by atoms with Gasteiger partial charge in [-0.05, 0) is 12.1 Å². The minimum Gasteiger partial charge on any atom is -0.313 e. The molecule has 1 heterocycles. The zero-order valence-corrected chi connectivity index (χ0v) is 13.4. The van der Waals surface area contributed by atoms with Crippen molar-refractivity contribution in [3.63, 3.8) is 0 Å². The average Bonchev–Trinajstić information content (AvgIpc) is 2.85. The molecule has 0 aliphatic carbocycles. The van der Waals surface area contributed by atoms with E-state index in [4.69, 9.17) is 40.1 Å². The van der Waals surface area contributed by atoms with Crippen molar-refractivity contribution in [2.45, 2.75) is 6.92 Å². The Morgan fingerprint density at radius 1 is 1.35 bits per heavy atom. The van der Waals surface area contributed by atoms with Gasteiger partial charge in [0, 0.05) is 5.75 Å². The van der Waals surface area contributed by atoms with E-state index in [1.165, 1.54) is 22.8 Å². The maximum absolute atomic E-state index is 9.11. The molecule has 104 valence electrons. The van der Waals surface area contributed by atoms with E-state index < -0.39 is 0 Å². The third kappa shape index (κ3) is 2.84. The quantitative estimate of drug-likeness (QED) is 0.638. The maximum Gasteiger partial charge on any atom is 0.157 e. The number of nitrogens with one attached hydrogen (secondary N) is 1. The summed E-state index contributed by atoms with van der Waals surface area (Å²) in [4.78, 5) is 0. The molecule has 1 aromatic heterocycles. The summed E-state index contributed by atoms with van der Waals surface area (Å²) in [6, 6.07) is 5.41. The first-order valence-electron chi connectivity index (χ1n) is 5.60. The Kier molecular flexibility index (Phi) is 5.06. The number of anilines is 1. The number of halogens is 3. The summed E-state index contributed by atoms with van der Waals surface area (Å²) in [7, 11) is 0. The Balaban J connectivity index is 2.56. The zero-order chi connectivity index (χ0) is 14.7. The molecule has 0 saturated heterocycles. The highest BCUT2D eigenvalue weighted by Gasteiger charge is 2.17. The van der Waals surface area contributed by atoms with Crippen LogP contribution in [0, 0.1) is 11.3 Å². The van der Waals surface area contributed by atoms with Crippen LogP contribution in [0.5, 0.6) is 0 Å². The fourth-order valence-electron chi connectivity index (χ4n) is 1.53. The largest absolute Gasteiger partial charge is 0.313 e. The second-order valence-electron chi connectivity index (χ2n) is 3.66. The standard InChI is InChI=1S/C12H9Cl3N4S/c1-2-20-18-12-7(5-16)6-17-19(12)9-4-3-8(13)10(14)11(9)15/h3-4,6,18H,2H2,1H3. The van der Waals surface area contributed by atoms with Crippen LogP contribution in [0.3, 0.4) is 0 Å². The lowest BCUT2D eigenvalue weighted by Crippen LogP contribution is -2.03. The molecule has 0 unspecified atom stereocenters. The molecule has 0 bridgehead atoms. The average molecular weight is 348 g/mol. The van der Waals surface area contributed by atoms with Gasteiger partial charge in [-0.15, -0.1) is 0 Å². The van der Waals surface area contributed by atoms with Gasteiger partial charge < -0.3 is 4.72 Å². The molecule has 0 saturated carbocycles. The van der Waals surface area contributed by atoms with E-state index in [0.29, 0.717) is 22.1 Å². The van der Waals surface area contributed by atoms with Gasteiger partial charge in [0.05, 0.1) is 27.0 Å². The SMILES string of the molecule is CCSNc1c(C#N)cnn1-c1ccc(Cl)c(Cl)c1Cl. The van der Waals surface area contributed by atoms with E-state index in [9.17, 15) is 0 Å². The Morgan fingerprint density at radius 2 is 2.10 bits per heavy atom. The molecule has 4 nitrogen and oxygen atoms in total. The number of nitriles is 1. The van der Waals surface area contributed by atoms with Crippen molar-refractivity contribution >= 4 is 52.6 Å². The lowest BCUT2D eigenvalue weighted by atomic mass is 10.3. The summed E-state index contributed by atoms with van der Waals surface area (Å²) in [6.07, 6.45) is 1.47. The second-order valence-corrected chi connectivity index (χ2v) is 5.89. The molecule has 0 fully saturated rings. The van der Waals surface area contributed by atoms with Gasteiger partial charge in [-0.3, -0.25) is 0 Å². The first-order valence-corrected chi connectivity index (χ1v) is 7.71. The van der Waals surface area contributed by atoms with Crippen molar-refractivity contribution in [3.05, 3.63) is 39.0 Å². The molecule has 0 aliphatic rings. The number of hydrogen-bond acceptors (Lipinski definition) is 4. The number of nitrogens with zero attached hydrogens (tertiary/aromatic N) is 3. The number of hydrogen-bond donors (Lipinski definition) is 1. The van der Waals surface area contributed by atoms with E-state index in [1.54, 1.807) is 12.1 Å². The normalized spacial score (nSPS) is 10.3. The molecule has 0 amide bonds. The van der Waals surface area contributed by atoms with Crippen molar-refractivity contribution in [1.82, 2.24) is 9.78 Å². The summed E-state index contributed by atoms with van der Waals surface area (Å²) in [5, 5.41) is 14.2. The smallest absolute Gasteiger partial charge is 0.157 e. The van der Waals surface area contributed by atoms with Crippen LogP contribution in [0.2, 0.25) is 15.1 Å². The van der Waals surface area contributed by atoms with Gasteiger partial charge in [0.25, 0.3) is 0 Å². The lowest BCUT2D eigenvalue weighted by Gasteiger charge is -2.11. The van der Waals surface area contributed by atoms with E-state index in [0.717, 1.165) is 5.75 Å². The van der Waals surface area contributed by atoms with Crippen LogP contribution in [-0.2, 0) is 0 Å². The minimum atomic E-state index is 0.258. The van der Waals surface area contributed by atoms with Crippen LogP contribution in [-0.4, -0.2) is 15.5 Å². The lowest BCUT2D eigenvalue weighted by molar-refractivity contribution is 0.891. The number of rotatable bonds is 4. The fraction of sp³-hybridized carbons (Fsp3) is 0.167. The third-order valence-corrected chi connectivity index (χ3v) is 4.36. The highest BCUT2D eigenvalue weighted by molar-refractivity contribution is 8.00. The molecule has 20 heavy (non-hydrogen) atoms. The topological polar surface area (TPSA) is 53.6 Å². The first kappa shape index (κ1) is 15.3. The highest BCUT2D eigenvalue weighted by atomic mass is 35.5. The van der Waals surface area contributed by atoms with Gasteiger partial charge in [0.15, 0.2) is 5.82 Å². The van der Waals surface area contributed by atoms with Crippen LogP contribution < -0.4 is 4.72 Å². The number of benzene rings is 1. The first-order chi connectivity index (χ1) is 9.60. The van der Waals surface area contributed by atoms with Gasteiger partial charge in [-0.2, -0.15) is 10.4 Å². The molecule has 0 radical (unpaired) electrons. The van der Waals surface area contributed by atoms with Gasteiger partial charge in [-0.1, -0.05) is 53.7 Å². The van der Waals surface area contributed by atoms with Crippen LogP contribution >= 0.6 is 46.8 Å². The van der Waals surface area contributed by atoms with Crippen LogP contribution in [0.15, 0.2) is 18.3 Å². The molecule has 0 atom stereocenters. The van der Waals surface area contributed by atoms with Crippen molar-refractivity contribution in [1.29, 1.82) is 5.26 Å². The fourth-order valence-corrected chi connectivity index (χ4v) is 2.62. The predicted molar refractivity (Wildman–Crippen MR) is 85.1 cm³/mol. The second kappa shape index (κ2) is 6.59. The number of aromatic nitrogens is 2. The van der Waals surface area contributed by atoms with Crippen molar-refractivity contribution in [3.8, 4) is 11.8 Å². The van der Waals surface area contributed by atoms with Gasteiger partial charge in [-0.25, -0.2) is 4.68 Å². The third-order valence-electron chi connectivity index (χ3n) is 2.45. The zero-order valence-electron chi connectivity index (χ0n) is 10.3. The van der Waals surface area contributed by atoms with Gasteiger partial charge >= 0.3 is 0 Å². The molecule has 0 spiro atoms. The maximum atomic E-state index is 9.11. The van der Waals surface area contributed by atoms with Gasteiger partial charge in [0.1, 0.15) is 11.6 Å². The van der Waals surface area contributed by atoms with E-state index in [-0.39, 0.29) is 10.0 Å². The van der Waals surface area contributed by atoms with Crippen molar-refractivity contribution in [2.24, 2.45) is 0 Å². The molecular weight excluding hydrogens is 339 g/mol. The van der Waals surface area contributed by atoms with E-state index >= 15 is 0 Å². The summed E-state index contributed by atoms with van der Waals surface area (Å²) in [5.41, 5.74) is 0.981. The predicted octanol–water partition coefficient (Wildman–Crippen LogP) is 4.78. The Hall–Kier alpha value is -1.06. The van der Waals surface area contributed by atoms with Crippen molar-refractivity contribution in [2.75, 3.05) is 10.5 Å². The van der Waals surface area contributed by atoms with E-state index in [1.807, 2.05) is 6.92 Å². The molecule has 1 aromatic carbocycles. The van der Waals surface area contributed by atoms with Crippen LogP contribution in [0.25, 0.3) is 5.69 Å². The molecule has 2 rings (SSSR count). The van der Waals surface area contributed by atoms with Crippen LogP contribution in [0.4, 0.5) is 5.82 Å². The molecule has 2 aromatic rings. The van der Waals surface area contributed by atoms with Crippen LogP contribution in [0.1, 0.15) is 12.5 Å². The molecule has 1 N–H and O–H groups in total. The Labute approximate surface area is 135 Å². The minimum absolute atomic E-state index is 0.258. The summed E-state index contributed by atoms with van der Waals surface area (Å²) >= 11 is 19.6. The monoisotopic (exact) mass is 346 g/mol. The molecular formula is C12H9Cl3N4S. The summed E-state index contributed by atoms with van der Waals surface area (Å²) in [5.74, 6) is 1.39. The Bertz CT molecular complexity index is 678. The van der Waals surface area contributed by atoms with E-state index in [2.05, 4.69) is 15.9 Å². The Morgan fingerprint density at radius 3 is 2.75 bits per heavy atom. The highest BCUT2D eigenvalue weighted by Crippen LogP contribution is 2.36. The molecule has 8 heteroatoms. The van der Waals surface area contributed by atoms with Crippen molar-refractivity contribution < 1.29 is 0 Å².